The topological polar surface area (TPSA) is 99.3 Å². The predicted octanol–water partition coefficient (Wildman–Crippen LogP) is 1.66. The highest BCUT2D eigenvalue weighted by Crippen LogP contribution is 2.20. The molecule has 0 unspecified atom stereocenters. The lowest BCUT2D eigenvalue weighted by Gasteiger charge is -2.02. The van der Waals surface area contributed by atoms with Crippen LogP contribution in [-0.4, -0.2) is 30.7 Å². The Morgan fingerprint density at radius 1 is 1.33 bits per heavy atom. The monoisotopic (exact) mass is 290 g/mol. The van der Waals surface area contributed by atoms with Gasteiger partial charge in [-0.1, -0.05) is 6.07 Å². The minimum Gasteiger partial charge on any atom is -0.477 e. The van der Waals surface area contributed by atoms with Gasteiger partial charge in [0.2, 0.25) is 10.0 Å². The first-order chi connectivity index (χ1) is 7.85. The SMILES string of the molecule is CS(=O)(=O)Nc1ccc2cc(C(=O)O)[nH]c2c1.Cl. The van der Waals surface area contributed by atoms with Crippen molar-refractivity contribution in [3.05, 3.63) is 30.0 Å². The van der Waals surface area contributed by atoms with Crippen LogP contribution in [0.3, 0.4) is 0 Å². The molecule has 2 rings (SSSR count). The Labute approximate surface area is 109 Å². The van der Waals surface area contributed by atoms with Crippen molar-refractivity contribution in [3.63, 3.8) is 0 Å². The van der Waals surface area contributed by atoms with Crippen LogP contribution in [0.5, 0.6) is 0 Å². The third kappa shape index (κ3) is 3.14. The highest BCUT2D eigenvalue weighted by molar-refractivity contribution is 7.92. The van der Waals surface area contributed by atoms with Gasteiger partial charge in [-0.2, -0.15) is 0 Å². The van der Waals surface area contributed by atoms with Gasteiger partial charge in [-0.05, 0) is 18.2 Å². The summed E-state index contributed by atoms with van der Waals surface area (Å²) < 4.78 is 24.4. The van der Waals surface area contributed by atoms with Crippen molar-refractivity contribution in [2.24, 2.45) is 0 Å². The molecule has 0 radical (unpaired) electrons. The summed E-state index contributed by atoms with van der Waals surface area (Å²) in [5, 5.41) is 9.51. The number of aromatic carboxylic acids is 1. The fourth-order valence-corrected chi connectivity index (χ4v) is 2.07. The van der Waals surface area contributed by atoms with Crippen molar-refractivity contribution in [2.45, 2.75) is 0 Å². The number of hydrogen-bond donors (Lipinski definition) is 3. The summed E-state index contributed by atoms with van der Waals surface area (Å²) in [4.78, 5) is 13.4. The van der Waals surface area contributed by atoms with Crippen LogP contribution in [0.15, 0.2) is 24.3 Å². The van der Waals surface area contributed by atoms with Crippen LogP contribution < -0.4 is 4.72 Å². The van der Waals surface area contributed by atoms with Crippen LogP contribution >= 0.6 is 12.4 Å². The summed E-state index contributed by atoms with van der Waals surface area (Å²) in [5.74, 6) is -1.06. The van der Waals surface area contributed by atoms with Crippen molar-refractivity contribution in [1.82, 2.24) is 4.98 Å². The summed E-state index contributed by atoms with van der Waals surface area (Å²) in [6.45, 7) is 0. The van der Waals surface area contributed by atoms with E-state index in [0.717, 1.165) is 6.26 Å². The fourth-order valence-electron chi connectivity index (χ4n) is 1.52. The normalized spacial score (nSPS) is 10.9. The third-order valence-electron chi connectivity index (χ3n) is 2.16. The van der Waals surface area contributed by atoms with Gasteiger partial charge >= 0.3 is 5.97 Å². The van der Waals surface area contributed by atoms with Crippen LogP contribution in [-0.2, 0) is 10.0 Å². The van der Waals surface area contributed by atoms with Gasteiger partial charge in [0.05, 0.1) is 11.9 Å². The molecule has 0 bridgehead atoms. The first-order valence-corrected chi connectivity index (χ1v) is 6.58. The molecular formula is C10H11ClN2O4S. The van der Waals surface area contributed by atoms with Gasteiger partial charge in [0, 0.05) is 10.9 Å². The number of fused-ring (bicyclic) bond motifs is 1. The van der Waals surface area contributed by atoms with Gasteiger partial charge in [0.25, 0.3) is 0 Å². The molecular weight excluding hydrogens is 280 g/mol. The lowest BCUT2D eigenvalue weighted by Crippen LogP contribution is -2.09. The lowest BCUT2D eigenvalue weighted by atomic mass is 10.2. The molecule has 0 atom stereocenters. The highest BCUT2D eigenvalue weighted by Gasteiger charge is 2.08. The number of aromatic nitrogens is 1. The molecule has 0 spiro atoms. The molecule has 0 aliphatic rings. The summed E-state index contributed by atoms with van der Waals surface area (Å²) in [6, 6.07) is 6.25. The number of halogens is 1. The number of carbonyl (C=O) groups is 1. The molecule has 1 aromatic heterocycles. The Balaban J connectivity index is 0.00000162. The van der Waals surface area contributed by atoms with E-state index in [1.54, 1.807) is 18.2 Å². The largest absolute Gasteiger partial charge is 0.477 e. The van der Waals surface area contributed by atoms with Crippen molar-refractivity contribution >= 4 is 45.0 Å². The van der Waals surface area contributed by atoms with E-state index in [0.29, 0.717) is 16.6 Å². The molecule has 1 heterocycles. The average molecular weight is 291 g/mol. The molecule has 3 N–H and O–H groups in total. The fraction of sp³-hybridized carbons (Fsp3) is 0.100. The zero-order valence-electron chi connectivity index (χ0n) is 9.30. The van der Waals surface area contributed by atoms with Crippen LogP contribution in [0.1, 0.15) is 10.5 Å². The van der Waals surface area contributed by atoms with Gasteiger partial charge in [-0.3, -0.25) is 4.72 Å². The Hall–Kier alpha value is -1.73. The van der Waals surface area contributed by atoms with Crippen LogP contribution in [0.4, 0.5) is 5.69 Å². The van der Waals surface area contributed by atoms with Crippen molar-refractivity contribution in [2.75, 3.05) is 11.0 Å². The van der Waals surface area contributed by atoms with E-state index < -0.39 is 16.0 Å². The molecule has 8 heteroatoms. The van der Waals surface area contributed by atoms with E-state index >= 15 is 0 Å². The number of carboxylic acids is 1. The van der Waals surface area contributed by atoms with E-state index in [1.807, 2.05) is 0 Å². The molecule has 98 valence electrons. The molecule has 1 aromatic carbocycles. The van der Waals surface area contributed by atoms with Crippen LogP contribution in [0, 0.1) is 0 Å². The average Bonchev–Trinajstić information content (AvgIpc) is 2.57. The van der Waals surface area contributed by atoms with Gasteiger partial charge in [-0.25, -0.2) is 13.2 Å². The van der Waals surface area contributed by atoms with E-state index in [2.05, 4.69) is 9.71 Å². The van der Waals surface area contributed by atoms with E-state index in [4.69, 9.17) is 5.11 Å². The molecule has 6 nitrogen and oxygen atoms in total. The number of H-pyrrole nitrogens is 1. The number of anilines is 1. The predicted molar refractivity (Wildman–Crippen MR) is 71.0 cm³/mol. The Kier molecular flexibility index (Phi) is 3.88. The highest BCUT2D eigenvalue weighted by atomic mass is 35.5. The van der Waals surface area contributed by atoms with E-state index in [9.17, 15) is 13.2 Å². The molecule has 0 fully saturated rings. The maximum atomic E-state index is 11.0. The van der Waals surface area contributed by atoms with E-state index in [-0.39, 0.29) is 18.1 Å². The van der Waals surface area contributed by atoms with Crippen molar-refractivity contribution in [3.8, 4) is 0 Å². The summed E-state index contributed by atoms with van der Waals surface area (Å²) in [5.41, 5.74) is 1.02. The van der Waals surface area contributed by atoms with Crippen molar-refractivity contribution < 1.29 is 18.3 Å². The van der Waals surface area contributed by atoms with Gasteiger partial charge in [-0.15, -0.1) is 12.4 Å². The van der Waals surface area contributed by atoms with Gasteiger partial charge in [0.15, 0.2) is 0 Å². The standard InChI is InChI=1S/C10H10N2O4S.ClH/c1-17(15,16)12-7-3-2-6-4-9(10(13)14)11-8(6)5-7;/h2-5,11-12H,1H3,(H,13,14);1H. The number of rotatable bonds is 3. The van der Waals surface area contributed by atoms with Crippen molar-refractivity contribution in [1.29, 1.82) is 0 Å². The molecule has 0 amide bonds. The first-order valence-electron chi connectivity index (χ1n) is 4.69. The minimum absolute atomic E-state index is 0. The second kappa shape index (κ2) is 4.87. The Morgan fingerprint density at radius 2 is 2.00 bits per heavy atom. The second-order valence-corrected chi connectivity index (χ2v) is 5.41. The molecule has 18 heavy (non-hydrogen) atoms. The second-order valence-electron chi connectivity index (χ2n) is 3.66. The number of aromatic amines is 1. The van der Waals surface area contributed by atoms with Crippen LogP contribution in [0.25, 0.3) is 10.9 Å². The molecule has 2 aromatic rings. The number of sulfonamides is 1. The zero-order chi connectivity index (χ0) is 12.6. The molecule has 0 saturated heterocycles. The number of carboxylic acid groups (broad SMARTS) is 1. The number of benzene rings is 1. The van der Waals surface area contributed by atoms with Gasteiger partial charge in [0.1, 0.15) is 5.69 Å². The summed E-state index contributed by atoms with van der Waals surface area (Å²) in [7, 11) is -3.34. The number of nitrogens with one attached hydrogen (secondary N) is 2. The summed E-state index contributed by atoms with van der Waals surface area (Å²) in [6.07, 6.45) is 1.05. The smallest absolute Gasteiger partial charge is 0.352 e. The van der Waals surface area contributed by atoms with Crippen LogP contribution in [0.2, 0.25) is 0 Å². The Bertz CT molecular complexity index is 693. The molecule has 0 aliphatic heterocycles. The zero-order valence-corrected chi connectivity index (χ0v) is 10.9. The summed E-state index contributed by atoms with van der Waals surface area (Å²) >= 11 is 0. The quantitative estimate of drug-likeness (QED) is 0.800. The molecule has 0 saturated carbocycles. The molecule has 0 aliphatic carbocycles. The number of hydrogen-bond acceptors (Lipinski definition) is 3. The minimum atomic E-state index is -3.34. The maximum absolute atomic E-state index is 11.0. The van der Waals surface area contributed by atoms with Gasteiger partial charge < -0.3 is 10.1 Å². The maximum Gasteiger partial charge on any atom is 0.352 e. The van der Waals surface area contributed by atoms with E-state index in [1.165, 1.54) is 6.07 Å². The first kappa shape index (κ1) is 14.3. The Morgan fingerprint density at radius 3 is 2.56 bits per heavy atom. The lowest BCUT2D eigenvalue weighted by molar-refractivity contribution is 0.0691. The third-order valence-corrected chi connectivity index (χ3v) is 2.76.